The largest absolute Gasteiger partial charge is 0.496 e. The molecule has 0 atom stereocenters. The molecule has 4 rings (SSSR count). The predicted octanol–water partition coefficient (Wildman–Crippen LogP) is 4.23. The number of benzene rings is 1. The zero-order valence-corrected chi connectivity index (χ0v) is 15.8. The molecular weight excluding hydrogens is 309 g/mol. The van der Waals surface area contributed by atoms with Gasteiger partial charge in [-0.2, -0.15) is 0 Å². The Morgan fingerprint density at radius 3 is 2.12 bits per heavy atom. The molecule has 4 heteroatoms. The molecule has 1 aromatic carbocycles. The Hall–Kier alpha value is -1.65. The lowest BCUT2D eigenvalue weighted by Crippen LogP contribution is -2.41. The van der Waals surface area contributed by atoms with Crippen LogP contribution in [0.5, 0.6) is 0 Å². The van der Waals surface area contributed by atoms with Crippen molar-refractivity contribution in [2.24, 2.45) is 0 Å². The Kier molecular flexibility index (Phi) is 3.82. The number of aromatic nitrogens is 1. The van der Waals surface area contributed by atoms with Crippen molar-refractivity contribution in [3.8, 4) is 11.3 Å². The van der Waals surface area contributed by atoms with E-state index in [1.54, 1.807) is 0 Å². The van der Waals surface area contributed by atoms with Crippen molar-refractivity contribution < 1.29 is 9.31 Å². The molecule has 0 unspecified atom stereocenters. The van der Waals surface area contributed by atoms with Crippen LogP contribution >= 0.6 is 0 Å². The van der Waals surface area contributed by atoms with Gasteiger partial charge in [0.15, 0.2) is 0 Å². The zero-order chi connectivity index (χ0) is 17.8. The standard InChI is InChI=1S/C21H26BNO2/c1-14-12-18(22-24-20(2,3)21(4,5)25-22)13-23-19(14)17-10-8-16(9-11-17)15-6-7-15/h8-13,15H,6-7H2,1-5H3. The van der Waals surface area contributed by atoms with Gasteiger partial charge in [-0.3, -0.25) is 4.98 Å². The molecular formula is C21H26BNO2. The molecule has 2 aliphatic rings. The number of aryl methyl sites for hydroxylation is 1. The smallest absolute Gasteiger partial charge is 0.399 e. The van der Waals surface area contributed by atoms with E-state index in [0.717, 1.165) is 22.6 Å². The maximum atomic E-state index is 6.14. The van der Waals surface area contributed by atoms with Gasteiger partial charge in [-0.25, -0.2) is 0 Å². The second-order valence-electron chi connectivity index (χ2n) is 8.42. The second-order valence-corrected chi connectivity index (χ2v) is 8.42. The number of pyridine rings is 1. The van der Waals surface area contributed by atoms with Crippen LogP contribution in [0.15, 0.2) is 36.5 Å². The van der Waals surface area contributed by atoms with Crippen LogP contribution in [0.1, 0.15) is 57.6 Å². The summed E-state index contributed by atoms with van der Waals surface area (Å²) in [7, 11) is -0.359. The van der Waals surface area contributed by atoms with Crippen LogP contribution in [0.2, 0.25) is 0 Å². The van der Waals surface area contributed by atoms with Crippen molar-refractivity contribution in [2.45, 2.75) is 64.6 Å². The molecule has 130 valence electrons. The van der Waals surface area contributed by atoms with Gasteiger partial charge in [0.25, 0.3) is 0 Å². The molecule has 2 heterocycles. The predicted molar refractivity (Wildman–Crippen MR) is 102 cm³/mol. The number of rotatable bonds is 3. The first-order valence-electron chi connectivity index (χ1n) is 9.19. The number of hydrogen-bond acceptors (Lipinski definition) is 3. The van der Waals surface area contributed by atoms with E-state index in [-0.39, 0.29) is 18.3 Å². The van der Waals surface area contributed by atoms with E-state index >= 15 is 0 Å². The highest BCUT2D eigenvalue weighted by Crippen LogP contribution is 2.40. The third-order valence-corrected chi connectivity index (χ3v) is 5.86. The van der Waals surface area contributed by atoms with Crippen molar-refractivity contribution in [1.29, 1.82) is 0 Å². The summed E-state index contributed by atoms with van der Waals surface area (Å²) >= 11 is 0. The summed E-state index contributed by atoms with van der Waals surface area (Å²) in [6.07, 6.45) is 4.55. The van der Waals surface area contributed by atoms with Crippen molar-refractivity contribution >= 4 is 12.6 Å². The summed E-state index contributed by atoms with van der Waals surface area (Å²) in [6.45, 7) is 10.4. The first kappa shape index (κ1) is 16.8. The van der Waals surface area contributed by atoms with E-state index in [1.807, 2.05) is 6.20 Å². The lowest BCUT2D eigenvalue weighted by Gasteiger charge is -2.32. The lowest BCUT2D eigenvalue weighted by molar-refractivity contribution is 0.00578. The van der Waals surface area contributed by atoms with Crippen molar-refractivity contribution in [1.82, 2.24) is 4.98 Å². The van der Waals surface area contributed by atoms with Crippen LogP contribution < -0.4 is 5.46 Å². The molecule has 1 aliphatic carbocycles. The summed E-state index contributed by atoms with van der Waals surface area (Å²) in [5, 5.41) is 0. The topological polar surface area (TPSA) is 31.4 Å². The Bertz CT molecular complexity index is 778. The molecule has 0 radical (unpaired) electrons. The molecule has 3 nitrogen and oxygen atoms in total. The minimum Gasteiger partial charge on any atom is -0.399 e. The van der Waals surface area contributed by atoms with Gasteiger partial charge in [0.05, 0.1) is 16.9 Å². The SMILES string of the molecule is Cc1cc(B2OC(C)(C)C(C)(C)O2)cnc1-c1ccc(C2CC2)cc1. The summed E-state index contributed by atoms with van der Waals surface area (Å²) < 4.78 is 12.3. The molecule has 25 heavy (non-hydrogen) atoms. The molecule has 0 N–H and O–H groups in total. The normalized spacial score (nSPS) is 21.6. The van der Waals surface area contributed by atoms with E-state index in [9.17, 15) is 0 Å². The van der Waals surface area contributed by atoms with E-state index in [1.165, 1.54) is 24.0 Å². The fourth-order valence-corrected chi connectivity index (χ4v) is 3.34. The molecule has 0 spiro atoms. The Labute approximate surface area is 150 Å². The monoisotopic (exact) mass is 335 g/mol. The summed E-state index contributed by atoms with van der Waals surface area (Å²) in [4.78, 5) is 4.72. The van der Waals surface area contributed by atoms with Crippen molar-refractivity contribution in [3.63, 3.8) is 0 Å². The van der Waals surface area contributed by atoms with Crippen molar-refractivity contribution in [2.75, 3.05) is 0 Å². The van der Waals surface area contributed by atoms with Crippen LogP contribution in [0.4, 0.5) is 0 Å². The van der Waals surface area contributed by atoms with Gasteiger partial charge in [0, 0.05) is 17.2 Å². The first-order chi connectivity index (χ1) is 11.8. The third-order valence-electron chi connectivity index (χ3n) is 5.86. The highest BCUT2D eigenvalue weighted by molar-refractivity contribution is 6.62. The second kappa shape index (κ2) is 5.68. The van der Waals surface area contributed by atoms with Gasteiger partial charge in [0.1, 0.15) is 0 Å². The molecule has 1 saturated heterocycles. The Morgan fingerprint density at radius 1 is 1.00 bits per heavy atom. The van der Waals surface area contributed by atoms with E-state index in [4.69, 9.17) is 14.3 Å². The molecule has 1 aliphatic heterocycles. The van der Waals surface area contributed by atoms with E-state index < -0.39 is 0 Å². The molecule has 1 aromatic heterocycles. The van der Waals surface area contributed by atoms with Gasteiger partial charge in [-0.15, -0.1) is 0 Å². The fraction of sp³-hybridized carbons (Fsp3) is 0.476. The maximum Gasteiger partial charge on any atom is 0.496 e. The van der Waals surface area contributed by atoms with Gasteiger partial charge in [-0.05, 0) is 64.5 Å². The van der Waals surface area contributed by atoms with Gasteiger partial charge in [-0.1, -0.05) is 30.3 Å². The lowest BCUT2D eigenvalue weighted by atomic mass is 9.79. The zero-order valence-electron chi connectivity index (χ0n) is 15.8. The number of hydrogen-bond donors (Lipinski definition) is 0. The quantitative estimate of drug-likeness (QED) is 0.787. The number of nitrogens with zero attached hydrogens (tertiary/aromatic N) is 1. The molecule has 0 bridgehead atoms. The van der Waals surface area contributed by atoms with E-state index in [2.05, 4.69) is 65.0 Å². The fourth-order valence-electron chi connectivity index (χ4n) is 3.34. The molecule has 1 saturated carbocycles. The maximum absolute atomic E-state index is 6.14. The Balaban J connectivity index is 1.59. The van der Waals surface area contributed by atoms with Gasteiger partial charge >= 0.3 is 7.12 Å². The third kappa shape index (κ3) is 3.02. The summed E-state index contributed by atoms with van der Waals surface area (Å²) in [5.41, 5.74) is 5.12. The highest BCUT2D eigenvalue weighted by atomic mass is 16.7. The summed E-state index contributed by atoms with van der Waals surface area (Å²) in [5.74, 6) is 0.786. The average molecular weight is 335 g/mol. The minimum atomic E-state index is -0.359. The Morgan fingerprint density at radius 2 is 1.60 bits per heavy atom. The minimum absolute atomic E-state index is 0.330. The van der Waals surface area contributed by atoms with Gasteiger partial charge in [0.2, 0.25) is 0 Å². The average Bonchev–Trinajstić information content (AvgIpc) is 3.35. The van der Waals surface area contributed by atoms with E-state index in [0.29, 0.717) is 0 Å². The molecule has 0 amide bonds. The summed E-state index contributed by atoms with van der Waals surface area (Å²) in [6, 6.07) is 11.0. The molecule has 2 aromatic rings. The first-order valence-corrected chi connectivity index (χ1v) is 9.19. The van der Waals surface area contributed by atoms with Crippen LogP contribution in [-0.4, -0.2) is 23.3 Å². The van der Waals surface area contributed by atoms with Crippen LogP contribution in [0, 0.1) is 6.92 Å². The van der Waals surface area contributed by atoms with Gasteiger partial charge < -0.3 is 9.31 Å². The van der Waals surface area contributed by atoms with Crippen molar-refractivity contribution in [3.05, 3.63) is 47.7 Å². The molecule has 2 fully saturated rings. The van der Waals surface area contributed by atoms with Crippen LogP contribution in [-0.2, 0) is 9.31 Å². The van der Waals surface area contributed by atoms with Crippen LogP contribution in [0.3, 0.4) is 0 Å². The highest BCUT2D eigenvalue weighted by Gasteiger charge is 2.51. The van der Waals surface area contributed by atoms with Crippen LogP contribution in [0.25, 0.3) is 11.3 Å².